The molecule has 0 radical (unpaired) electrons. The largest absolute Gasteiger partial charge is 0.243 e. The fourth-order valence-electron chi connectivity index (χ4n) is 2.85. The molecule has 0 bridgehead atoms. The van der Waals surface area contributed by atoms with Crippen molar-refractivity contribution in [2.24, 2.45) is 0 Å². The van der Waals surface area contributed by atoms with Crippen LogP contribution in [0.3, 0.4) is 0 Å². The van der Waals surface area contributed by atoms with Crippen molar-refractivity contribution in [3.8, 4) is 0 Å². The monoisotopic (exact) mass is 347 g/mol. The van der Waals surface area contributed by atoms with Gasteiger partial charge in [-0.15, -0.1) is 11.8 Å². The van der Waals surface area contributed by atoms with E-state index in [2.05, 4.69) is 12.1 Å². The Kier molecular flexibility index (Phi) is 5.09. The van der Waals surface area contributed by atoms with Gasteiger partial charge in [-0.2, -0.15) is 4.31 Å². The van der Waals surface area contributed by atoms with Gasteiger partial charge >= 0.3 is 0 Å². The van der Waals surface area contributed by atoms with E-state index in [0.29, 0.717) is 11.4 Å². The second-order valence-corrected chi connectivity index (χ2v) is 8.83. The number of aryl methyl sites for hydroxylation is 1. The van der Waals surface area contributed by atoms with Crippen molar-refractivity contribution in [3.63, 3.8) is 0 Å². The van der Waals surface area contributed by atoms with Crippen LogP contribution in [-0.2, 0) is 10.0 Å². The molecule has 1 saturated heterocycles. The molecular formula is C18H21NO2S2. The molecule has 0 aromatic heterocycles. The zero-order valence-corrected chi connectivity index (χ0v) is 14.8. The molecule has 2 aromatic carbocycles. The Bertz CT molecular complexity index is 742. The molecular weight excluding hydrogens is 326 g/mol. The second kappa shape index (κ2) is 7.07. The third kappa shape index (κ3) is 3.79. The first-order chi connectivity index (χ1) is 11.1. The number of hydrogen-bond donors (Lipinski definition) is 0. The topological polar surface area (TPSA) is 37.4 Å². The molecule has 1 atom stereocenters. The summed E-state index contributed by atoms with van der Waals surface area (Å²) in [6, 6.07) is 17.4. The molecule has 0 aliphatic carbocycles. The normalized spacial score (nSPS) is 19.1. The van der Waals surface area contributed by atoms with Gasteiger partial charge in [-0.3, -0.25) is 0 Å². The van der Waals surface area contributed by atoms with Crippen LogP contribution in [0, 0.1) is 6.92 Å². The van der Waals surface area contributed by atoms with Crippen molar-refractivity contribution >= 4 is 21.8 Å². The van der Waals surface area contributed by atoms with Crippen molar-refractivity contribution in [2.75, 3.05) is 12.3 Å². The molecule has 122 valence electrons. The summed E-state index contributed by atoms with van der Waals surface area (Å²) < 4.78 is 27.5. The SMILES string of the molecule is Cc1ccc(S(=O)(=O)N2CCC[C@H]2CSc2ccccc2)cc1. The van der Waals surface area contributed by atoms with Crippen LogP contribution >= 0.6 is 11.8 Å². The van der Waals surface area contributed by atoms with Crippen LogP contribution in [0.1, 0.15) is 18.4 Å². The number of nitrogens with zero attached hydrogens (tertiary/aromatic N) is 1. The quantitative estimate of drug-likeness (QED) is 0.769. The van der Waals surface area contributed by atoms with Gasteiger partial charge in [0.15, 0.2) is 0 Å². The van der Waals surface area contributed by atoms with E-state index in [0.717, 1.165) is 24.2 Å². The Morgan fingerprint density at radius 1 is 1.09 bits per heavy atom. The van der Waals surface area contributed by atoms with Crippen molar-refractivity contribution in [3.05, 3.63) is 60.2 Å². The standard InChI is InChI=1S/C18H21NO2S2/c1-15-9-11-18(12-10-15)23(20,21)19-13-5-6-16(19)14-22-17-7-3-2-4-8-17/h2-4,7-12,16H,5-6,13-14H2,1H3/t16-/m0/s1. The minimum absolute atomic E-state index is 0.0755. The van der Waals surface area contributed by atoms with E-state index in [-0.39, 0.29) is 6.04 Å². The van der Waals surface area contributed by atoms with Gasteiger partial charge in [0.1, 0.15) is 0 Å². The Morgan fingerprint density at radius 2 is 1.78 bits per heavy atom. The van der Waals surface area contributed by atoms with Crippen LogP contribution in [0.2, 0.25) is 0 Å². The smallest absolute Gasteiger partial charge is 0.207 e. The Hall–Kier alpha value is -1.30. The van der Waals surface area contributed by atoms with Gasteiger partial charge in [-0.25, -0.2) is 8.42 Å². The molecule has 0 unspecified atom stereocenters. The lowest BCUT2D eigenvalue weighted by atomic mass is 10.2. The Balaban J connectivity index is 1.74. The molecule has 1 aliphatic rings. The van der Waals surface area contributed by atoms with E-state index in [1.807, 2.05) is 37.3 Å². The zero-order valence-electron chi connectivity index (χ0n) is 13.2. The molecule has 3 rings (SSSR count). The van der Waals surface area contributed by atoms with Crippen LogP contribution in [-0.4, -0.2) is 31.1 Å². The number of benzene rings is 2. The van der Waals surface area contributed by atoms with Crippen molar-refractivity contribution in [2.45, 2.75) is 35.6 Å². The Morgan fingerprint density at radius 3 is 2.48 bits per heavy atom. The summed E-state index contributed by atoms with van der Waals surface area (Å²) in [6.45, 7) is 2.59. The summed E-state index contributed by atoms with van der Waals surface area (Å²) in [5.41, 5.74) is 1.07. The lowest BCUT2D eigenvalue weighted by Crippen LogP contribution is -2.36. The summed E-state index contributed by atoms with van der Waals surface area (Å²) in [7, 11) is -3.39. The van der Waals surface area contributed by atoms with Crippen LogP contribution in [0.4, 0.5) is 0 Å². The van der Waals surface area contributed by atoms with Crippen LogP contribution in [0.5, 0.6) is 0 Å². The van der Waals surface area contributed by atoms with E-state index >= 15 is 0 Å². The van der Waals surface area contributed by atoms with Crippen molar-refractivity contribution < 1.29 is 8.42 Å². The molecule has 23 heavy (non-hydrogen) atoms. The second-order valence-electron chi connectivity index (χ2n) is 5.85. The van der Waals surface area contributed by atoms with Crippen LogP contribution < -0.4 is 0 Å². The van der Waals surface area contributed by atoms with E-state index in [1.54, 1.807) is 28.2 Å². The fourth-order valence-corrected chi connectivity index (χ4v) is 5.72. The summed E-state index contributed by atoms with van der Waals surface area (Å²) in [4.78, 5) is 1.59. The van der Waals surface area contributed by atoms with Gasteiger partial charge in [-0.05, 0) is 44.0 Å². The maximum absolute atomic E-state index is 12.9. The molecule has 3 nitrogen and oxygen atoms in total. The summed E-state index contributed by atoms with van der Waals surface area (Å²) in [5, 5.41) is 0. The van der Waals surface area contributed by atoms with E-state index in [9.17, 15) is 8.42 Å². The molecule has 0 N–H and O–H groups in total. The molecule has 0 spiro atoms. The predicted octanol–water partition coefficient (Wildman–Crippen LogP) is 3.94. The molecule has 5 heteroatoms. The van der Waals surface area contributed by atoms with Crippen LogP contribution in [0.15, 0.2) is 64.4 Å². The van der Waals surface area contributed by atoms with Crippen molar-refractivity contribution in [1.29, 1.82) is 0 Å². The zero-order chi connectivity index (χ0) is 16.3. The van der Waals surface area contributed by atoms with Crippen molar-refractivity contribution in [1.82, 2.24) is 4.31 Å². The maximum Gasteiger partial charge on any atom is 0.243 e. The molecule has 1 aliphatic heterocycles. The van der Waals surface area contributed by atoms with Gasteiger partial charge in [0.25, 0.3) is 0 Å². The highest BCUT2D eigenvalue weighted by Crippen LogP contribution is 2.30. The first kappa shape index (κ1) is 16.6. The number of rotatable bonds is 5. The average Bonchev–Trinajstić information content (AvgIpc) is 3.04. The average molecular weight is 348 g/mol. The van der Waals surface area contributed by atoms with Gasteiger partial charge in [0, 0.05) is 23.2 Å². The molecule has 2 aromatic rings. The van der Waals surface area contributed by atoms with Gasteiger partial charge < -0.3 is 0 Å². The highest BCUT2D eigenvalue weighted by Gasteiger charge is 2.35. The first-order valence-corrected chi connectivity index (χ1v) is 10.3. The Labute approximate surface area is 142 Å². The highest BCUT2D eigenvalue weighted by atomic mass is 32.2. The summed E-state index contributed by atoms with van der Waals surface area (Å²) in [5.74, 6) is 0.801. The first-order valence-electron chi connectivity index (χ1n) is 7.84. The maximum atomic E-state index is 12.9. The molecule has 1 heterocycles. The number of thioether (sulfide) groups is 1. The van der Waals surface area contributed by atoms with Crippen LogP contribution in [0.25, 0.3) is 0 Å². The molecule has 1 fully saturated rings. The molecule has 0 amide bonds. The van der Waals surface area contributed by atoms with Gasteiger partial charge in [-0.1, -0.05) is 35.9 Å². The third-order valence-electron chi connectivity index (χ3n) is 4.14. The van der Waals surface area contributed by atoms with E-state index in [4.69, 9.17) is 0 Å². The minimum Gasteiger partial charge on any atom is -0.207 e. The third-order valence-corrected chi connectivity index (χ3v) is 7.26. The summed E-state index contributed by atoms with van der Waals surface area (Å²) >= 11 is 1.73. The predicted molar refractivity (Wildman–Crippen MR) is 95.3 cm³/mol. The number of hydrogen-bond acceptors (Lipinski definition) is 3. The van der Waals surface area contributed by atoms with E-state index < -0.39 is 10.0 Å². The van der Waals surface area contributed by atoms with Gasteiger partial charge in [0.2, 0.25) is 10.0 Å². The van der Waals surface area contributed by atoms with E-state index in [1.165, 1.54) is 4.90 Å². The lowest BCUT2D eigenvalue weighted by molar-refractivity contribution is 0.412. The highest BCUT2D eigenvalue weighted by molar-refractivity contribution is 7.99. The minimum atomic E-state index is -3.39. The number of sulfonamides is 1. The van der Waals surface area contributed by atoms with Gasteiger partial charge in [0.05, 0.1) is 4.90 Å². The molecule has 0 saturated carbocycles. The lowest BCUT2D eigenvalue weighted by Gasteiger charge is -2.24. The summed E-state index contributed by atoms with van der Waals surface area (Å²) in [6.07, 6.45) is 1.87. The fraction of sp³-hybridized carbons (Fsp3) is 0.333.